The summed E-state index contributed by atoms with van der Waals surface area (Å²) < 4.78 is 0. The molecule has 0 unspecified atom stereocenters. The van der Waals surface area contributed by atoms with Crippen molar-refractivity contribution < 1.29 is 5.11 Å². The zero-order valence-corrected chi connectivity index (χ0v) is 10.0. The molecule has 2 rings (SSSR count). The predicted octanol–water partition coefficient (Wildman–Crippen LogP) is 3.42. The summed E-state index contributed by atoms with van der Waals surface area (Å²) in [7, 11) is 1.70. The molecule has 0 aliphatic carbocycles. The van der Waals surface area contributed by atoms with Gasteiger partial charge in [0, 0.05) is 18.8 Å². The van der Waals surface area contributed by atoms with Crippen LogP contribution in [0, 0.1) is 6.92 Å². The van der Waals surface area contributed by atoms with Crippen molar-refractivity contribution in [3.05, 3.63) is 53.6 Å². The van der Waals surface area contributed by atoms with Crippen LogP contribution in [0.1, 0.15) is 11.1 Å². The van der Waals surface area contributed by atoms with Gasteiger partial charge in [-0.25, -0.2) is 0 Å². The third-order valence-electron chi connectivity index (χ3n) is 2.76. The number of hydrogen-bond donors (Lipinski definition) is 1. The summed E-state index contributed by atoms with van der Waals surface area (Å²) in [6, 6.07) is 13.9. The minimum atomic E-state index is 0.303. The summed E-state index contributed by atoms with van der Waals surface area (Å²) in [5.41, 5.74) is 3.72. The lowest BCUT2D eigenvalue weighted by Crippen LogP contribution is -1.91. The molecule has 2 nitrogen and oxygen atoms in total. The summed E-state index contributed by atoms with van der Waals surface area (Å²) in [5.74, 6) is 0.303. The minimum Gasteiger partial charge on any atom is -0.507 e. The van der Waals surface area contributed by atoms with E-state index in [2.05, 4.69) is 4.99 Å². The van der Waals surface area contributed by atoms with Crippen molar-refractivity contribution in [1.82, 2.24) is 0 Å². The van der Waals surface area contributed by atoms with Crippen LogP contribution in [0.4, 0.5) is 0 Å². The van der Waals surface area contributed by atoms with Crippen molar-refractivity contribution in [2.45, 2.75) is 6.92 Å². The second-order valence-electron chi connectivity index (χ2n) is 3.95. The topological polar surface area (TPSA) is 32.6 Å². The Labute approximate surface area is 101 Å². The Balaban J connectivity index is 2.66. The van der Waals surface area contributed by atoms with E-state index in [4.69, 9.17) is 0 Å². The largest absolute Gasteiger partial charge is 0.507 e. The third kappa shape index (κ3) is 2.21. The molecule has 0 saturated carbocycles. The Bertz CT molecular complexity index is 544. The molecule has 0 aliphatic rings. The number of aryl methyl sites for hydroxylation is 1. The van der Waals surface area contributed by atoms with Crippen LogP contribution in [0.15, 0.2) is 47.5 Å². The van der Waals surface area contributed by atoms with E-state index < -0.39 is 0 Å². The summed E-state index contributed by atoms with van der Waals surface area (Å²) >= 11 is 0. The van der Waals surface area contributed by atoms with Crippen LogP contribution in [-0.2, 0) is 0 Å². The van der Waals surface area contributed by atoms with Gasteiger partial charge >= 0.3 is 0 Å². The van der Waals surface area contributed by atoms with Gasteiger partial charge in [0.2, 0.25) is 0 Å². The van der Waals surface area contributed by atoms with Gasteiger partial charge in [0.15, 0.2) is 0 Å². The van der Waals surface area contributed by atoms with Gasteiger partial charge in [-0.1, -0.05) is 42.5 Å². The standard InChI is InChI=1S/C15H15NO/c1-11-8-9-13(12-6-4-3-5-7-12)14(10-16-2)15(11)17/h3-10,17H,1-2H3. The van der Waals surface area contributed by atoms with Gasteiger partial charge in [-0.3, -0.25) is 4.99 Å². The Morgan fingerprint density at radius 3 is 2.41 bits per heavy atom. The van der Waals surface area contributed by atoms with Crippen LogP contribution in [-0.4, -0.2) is 18.4 Å². The molecule has 0 fully saturated rings. The molecule has 0 atom stereocenters. The van der Waals surface area contributed by atoms with E-state index >= 15 is 0 Å². The Morgan fingerprint density at radius 2 is 1.76 bits per heavy atom. The van der Waals surface area contributed by atoms with Crippen molar-refractivity contribution in [3.8, 4) is 16.9 Å². The van der Waals surface area contributed by atoms with Crippen molar-refractivity contribution in [3.63, 3.8) is 0 Å². The molecule has 17 heavy (non-hydrogen) atoms. The lowest BCUT2D eigenvalue weighted by atomic mass is 9.97. The molecule has 2 aromatic rings. The van der Waals surface area contributed by atoms with E-state index in [9.17, 15) is 5.11 Å². The van der Waals surface area contributed by atoms with Crippen LogP contribution in [0.3, 0.4) is 0 Å². The number of phenols is 1. The fraction of sp³-hybridized carbons (Fsp3) is 0.133. The van der Waals surface area contributed by atoms with Gasteiger partial charge < -0.3 is 5.11 Å². The van der Waals surface area contributed by atoms with Crippen molar-refractivity contribution >= 4 is 6.21 Å². The Morgan fingerprint density at radius 1 is 1.06 bits per heavy atom. The highest BCUT2D eigenvalue weighted by Crippen LogP contribution is 2.31. The van der Waals surface area contributed by atoms with Crippen LogP contribution < -0.4 is 0 Å². The van der Waals surface area contributed by atoms with Crippen LogP contribution in [0.2, 0.25) is 0 Å². The fourth-order valence-electron chi connectivity index (χ4n) is 1.85. The monoisotopic (exact) mass is 225 g/mol. The van der Waals surface area contributed by atoms with Crippen LogP contribution in [0.5, 0.6) is 5.75 Å². The molecule has 1 N–H and O–H groups in total. The highest BCUT2D eigenvalue weighted by Gasteiger charge is 2.09. The first-order valence-corrected chi connectivity index (χ1v) is 5.54. The molecule has 0 spiro atoms. The second-order valence-corrected chi connectivity index (χ2v) is 3.95. The van der Waals surface area contributed by atoms with Gasteiger partial charge in [-0.15, -0.1) is 0 Å². The van der Waals surface area contributed by atoms with E-state index in [1.165, 1.54) is 0 Å². The molecular formula is C15H15NO. The number of aromatic hydroxyl groups is 1. The fourth-order valence-corrected chi connectivity index (χ4v) is 1.85. The molecule has 0 radical (unpaired) electrons. The Hall–Kier alpha value is -2.09. The van der Waals surface area contributed by atoms with Crippen molar-refractivity contribution in [2.24, 2.45) is 4.99 Å². The van der Waals surface area contributed by atoms with Gasteiger partial charge in [0.25, 0.3) is 0 Å². The number of benzene rings is 2. The smallest absolute Gasteiger partial charge is 0.127 e. The maximum absolute atomic E-state index is 10.1. The van der Waals surface area contributed by atoms with Crippen LogP contribution >= 0.6 is 0 Å². The third-order valence-corrected chi connectivity index (χ3v) is 2.76. The number of nitrogens with zero attached hydrogens (tertiary/aromatic N) is 1. The van der Waals surface area contributed by atoms with Crippen molar-refractivity contribution in [1.29, 1.82) is 0 Å². The molecule has 0 amide bonds. The predicted molar refractivity (Wildman–Crippen MR) is 71.8 cm³/mol. The van der Waals surface area contributed by atoms with Crippen molar-refractivity contribution in [2.75, 3.05) is 7.05 Å². The average molecular weight is 225 g/mol. The highest BCUT2D eigenvalue weighted by atomic mass is 16.3. The molecule has 86 valence electrons. The van der Waals surface area contributed by atoms with Crippen LogP contribution in [0.25, 0.3) is 11.1 Å². The van der Waals surface area contributed by atoms with E-state index in [-0.39, 0.29) is 0 Å². The molecule has 2 aromatic carbocycles. The first kappa shape index (κ1) is 11.4. The maximum Gasteiger partial charge on any atom is 0.127 e. The molecule has 0 bridgehead atoms. The molecule has 0 aromatic heterocycles. The first-order valence-electron chi connectivity index (χ1n) is 5.54. The minimum absolute atomic E-state index is 0.303. The SMILES string of the molecule is CN=Cc1c(-c2ccccc2)ccc(C)c1O. The zero-order chi connectivity index (χ0) is 12.3. The van der Waals surface area contributed by atoms with E-state index in [0.29, 0.717) is 5.75 Å². The first-order chi connectivity index (χ1) is 8.24. The number of phenolic OH excluding ortho intramolecular Hbond substituents is 1. The number of rotatable bonds is 2. The summed E-state index contributed by atoms with van der Waals surface area (Å²) in [6.45, 7) is 1.89. The van der Waals surface area contributed by atoms with Gasteiger partial charge in [0.1, 0.15) is 5.75 Å². The summed E-state index contributed by atoms with van der Waals surface area (Å²) in [5, 5.41) is 10.1. The molecule has 0 aliphatic heterocycles. The van der Waals surface area contributed by atoms with Gasteiger partial charge in [0.05, 0.1) is 0 Å². The zero-order valence-electron chi connectivity index (χ0n) is 10.0. The maximum atomic E-state index is 10.1. The van der Waals surface area contributed by atoms with E-state index in [1.807, 2.05) is 49.4 Å². The quantitative estimate of drug-likeness (QED) is 0.780. The Kier molecular flexibility index (Phi) is 3.24. The molecular weight excluding hydrogens is 210 g/mol. The van der Waals surface area contributed by atoms with Gasteiger partial charge in [-0.05, 0) is 23.6 Å². The average Bonchev–Trinajstić information content (AvgIpc) is 2.36. The van der Waals surface area contributed by atoms with E-state index in [1.54, 1.807) is 13.3 Å². The molecule has 2 heteroatoms. The highest BCUT2D eigenvalue weighted by molar-refractivity contribution is 5.94. The molecule has 0 heterocycles. The second kappa shape index (κ2) is 4.83. The van der Waals surface area contributed by atoms with E-state index in [0.717, 1.165) is 22.3 Å². The summed E-state index contributed by atoms with van der Waals surface area (Å²) in [6.07, 6.45) is 1.70. The number of aliphatic imine (C=N–C) groups is 1. The lowest BCUT2D eigenvalue weighted by Gasteiger charge is -2.10. The number of hydrogen-bond acceptors (Lipinski definition) is 2. The molecule has 0 saturated heterocycles. The summed E-state index contributed by atoms with van der Waals surface area (Å²) in [4.78, 5) is 4.01. The normalized spacial score (nSPS) is 10.9. The lowest BCUT2D eigenvalue weighted by molar-refractivity contribution is 0.470. The van der Waals surface area contributed by atoms with Gasteiger partial charge in [-0.2, -0.15) is 0 Å².